The van der Waals surface area contributed by atoms with E-state index in [-0.39, 0.29) is 0 Å². The van der Waals surface area contributed by atoms with Gasteiger partial charge in [0.2, 0.25) is 0 Å². The minimum Gasteiger partial charge on any atom is -0.508 e. The van der Waals surface area contributed by atoms with E-state index in [2.05, 4.69) is 5.11 Å². The van der Waals surface area contributed by atoms with Crippen molar-refractivity contribution >= 4 is 0 Å². The Hall–Kier alpha value is -1.05. The lowest BCUT2D eigenvalue weighted by Gasteiger charge is -1.86. The van der Waals surface area contributed by atoms with Gasteiger partial charge in [0.15, 0.2) is 0 Å². The van der Waals surface area contributed by atoms with Gasteiger partial charge in [-0.25, -0.2) is 4.39 Å². The maximum Gasteiger partial charge on any atom is 0.293 e. The fourth-order valence-corrected chi connectivity index (χ4v) is 0.286. The molecule has 0 aliphatic carbocycles. The Labute approximate surface area is 53.5 Å². The van der Waals surface area contributed by atoms with Gasteiger partial charge in [-0.3, -0.25) is 0 Å². The first-order valence-electron chi connectivity index (χ1n) is 4.30. The quantitative estimate of drug-likeness (QED) is 0.591. The highest BCUT2D eigenvalue weighted by molar-refractivity contribution is 5.19. The highest BCUT2D eigenvalue weighted by atomic mass is 19.1. The number of benzene rings is 1. The highest BCUT2D eigenvalue weighted by Crippen LogP contribution is 2.06. The van der Waals surface area contributed by atoms with Crippen molar-refractivity contribution in [2.24, 2.45) is 0 Å². The zero-order chi connectivity index (χ0) is 10.2. The van der Waals surface area contributed by atoms with Gasteiger partial charge in [0.25, 0.3) is 1.43 Å². The largest absolute Gasteiger partial charge is 0.508 e. The second-order valence-electron chi connectivity index (χ2n) is 1.14. The fraction of sp³-hybridized carbons (Fsp3) is 0. The molecule has 1 aromatic carbocycles. The van der Waals surface area contributed by atoms with Crippen molar-refractivity contribution in [1.82, 2.24) is 0 Å². The first kappa shape index (κ1) is 1.72. The molecule has 0 saturated heterocycles. The topological polar surface area (TPSA) is 20.2 Å². The van der Waals surface area contributed by atoms with E-state index in [1.807, 2.05) is 0 Å². The number of hydrogen-bond acceptors (Lipinski definition) is 1. The normalized spacial score (nSPS) is 17.4. The summed E-state index contributed by atoms with van der Waals surface area (Å²) in [6.07, 6.45) is 0. The summed E-state index contributed by atoms with van der Waals surface area (Å²) < 4.78 is 47.5. The second kappa shape index (κ2) is 1.82. The lowest BCUT2D eigenvalue weighted by Crippen LogP contribution is -1.67. The summed E-state index contributed by atoms with van der Waals surface area (Å²) in [4.78, 5) is 0. The van der Waals surface area contributed by atoms with Gasteiger partial charge >= 0.3 is 0 Å². The molecule has 1 aromatic rings. The van der Waals surface area contributed by atoms with Crippen LogP contribution in [-0.2, 0) is 0 Å². The lowest BCUT2D eigenvalue weighted by atomic mass is 10.3. The van der Waals surface area contributed by atoms with Crippen LogP contribution in [0.4, 0.5) is 4.39 Å². The Morgan fingerprint density at radius 3 is 2.62 bits per heavy atom. The van der Waals surface area contributed by atoms with Crippen LogP contribution >= 0.6 is 0 Å². The molecular formula is C6H5FO. The van der Waals surface area contributed by atoms with Crippen LogP contribution in [0.5, 0.6) is 5.75 Å². The van der Waals surface area contributed by atoms with Crippen molar-refractivity contribution in [1.29, 1.82) is 1.43 Å². The predicted octanol–water partition coefficient (Wildman–Crippen LogP) is 1.53. The second-order valence-corrected chi connectivity index (χ2v) is 1.14. The third-order valence-corrected chi connectivity index (χ3v) is 0.572. The zero-order valence-corrected chi connectivity index (χ0v) is 3.79. The van der Waals surface area contributed by atoms with E-state index >= 15 is 0 Å². The number of phenolic OH excluding ortho intramolecular Hbond substituents is 1. The van der Waals surface area contributed by atoms with Crippen molar-refractivity contribution < 1.29 is 15.0 Å². The lowest BCUT2D eigenvalue weighted by molar-refractivity contribution is 0.473. The van der Waals surface area contributed by atoms with Crippen molar-refractivity contribution in [2.45, 2.75) is 0 Å². The molecule has 0 bridgehead atoms. The Kier molecular flexibility index (Phi) is 0.392. The molecule has 0 heterocycles. The molecule has 42 valence electrons. The van der Waals surface area contributed by atoms with Crippen LogP contribution in [0.15, 0.2) is 24.2 Å². The van der Waals surface area contributed by atoms with Crippen LogP contribution in [0.25, 0.3) is 0 Å². The highest BCUT2D eigenvalue weighted by Gasteiger charge is 1.85. The molecule has 0 amide bonds. The molecule has 0 aliphatic heterocycles. The number of hydrogen-bond donors (Lipinski definition) is 1. The zero-order valence-electron chi connectivity index (χ0n) is 8.79. The standard InChI is InChI=1S/C6H5FO/c7-5-1-3-6(8)4-2-5/h1-4,8H/i1D,2D,3D,4D/hD. The van der Waals surface area contributed by atoms with E-state index in [9.17, 15) is 4.39 Å². The van der Waals surface area contributed by atoms with E-state index in [1.54, 1.807) is 0 Å². The van der Waals surface area contributed by atoms with Crippen molar-refractivity contribution in [3.63, 3.8) is 0 Å². The first-order chi connectivity index (χ1) is 6.00. The molecule has 0 aliphatic rings. The maximum absolute atomic E-state index is 12.8. The van der Waals surface area contributed by atoms with Crippen LogP contribution in [0.1, 0.15) is 5.48 Å². The van der Waals surface area contributed by atoms with E-state index in [4.69, 9.17) is 6.91 Å². The minimum absolute atomic E-state index is 0.573. The molecule has 0 unspecified atom stereocenters. The number of phenols is 1. The molecule has 2 heteroatoms. The molecule has 8 heavy (non-hydrogen) atoms. The SMILES string of the molecule is [2H]Oc1c([2H])c([2H])c(F)c([2H])c1[2H]. The monoisotopic (exact) mass is 117 g/mol. The van der Waals surface area contributed by atoms with Crippen molar-refractivity contribution in [3.05, 3.63) is 30.0 Å². The first-order valence-corrected chi connectivity index (χ1v) is 1.89. The summed E-state index contributed by atoms with van der Waals surface area (Å²) in [5.41, 5.74) is 0. The Morgan fingerprint density at radius 2 is 2.12 bits per heavy atom. The predicted molar refractivity (Wildman–Crippen MR) is 28.1 cm³/mol. The van der Waals surface area contributed by atoms with Crippen molar-refractivity contribution in [2.75, 3.05) is 0 Å². The summed E-state index contributed by atoms with van der Waals surface area (Å²) >= 11 is 0. The number of aromatic hydroxyl groups is 1. The molecule has 1 nitrogen and oxygen atoms in total. The summed E-state index contributed by atoms with van der Waals surface area (Å²) in [5.74, 6) is -1.81. The van der Waals surface area contributed by atoms with Gasteiger partial charge in [0.05, 0.1) is 5.48 Å². The average Bonchev–Trinajstić information content (AvgIpc) is 2.13. The molecular weight excluding hydrogens is 107 g/mol. The van der Waals surface area contributed by atoms with E-state index in [0.29, 0.717) is 0 Å². The Morgan fingerprint density at radius 1 is 1.50 bits per heavy atom. The third kappa shape index (κ3) is 0.964. The van der Waals surface area contributed by atoms with Gasteiger partial charge in [0, 0.05) is 0 Å². The number of rotatable bonds is 1. The summed E-state index contributed by atoms with van der Waals surface area (Å²) in [6, 6.07) is -3.03. The molecule has 0 saturated carbocycles. The fourth-order valence-electron chi connectivity index (χ4n) is 0.286. The van der Waals surface area contributed by atoms with Gasteiger partial charge in [0.1, 0.15) is 11.6 Å². The molecule has 0 spiro atoms. The van der Waals surface area contributed by atoms with Crippen LogP contribution in [0, 0.1) is 5.82 Å². The van der Waals surface area contributed by atoms with Crippen LogP contribution in [0.3, 0.4) is 0 Å². The molecule has 0 fully saturated rings. The summed E-state index contributed by atoms with van der Waals surface area (Å²) in [7, 11) is 0. The minimum atomic E-state index is -1.24. The van der Waals surface area contributed by atoms with E-state index < -0.39 is 35.7 Å². The van der Waals surface area contributed by atoms with Crippen LogP contribution < -0.4 is 0 Å². The van der Waals surface area contributed by atoms with E-state index in [0.717, 1.165) is 0 Å². The van der Waals surface area contributed by atoms with Crippen LogP contribution in [0.2, 0.25) is 0 Å². The average molecular weight is 117 g/mol. The van der Waals surface area contributed by atoms with Gasteiger partial charge in [-0.2, -0.15) is 0 Å². The summed E-state index contributed by atoms with van der Waals surface area (Å²) in [6.45, 7) is 0. The maximum atomic E-state index is 12.8. The van der Waals surface area contributed by atoms with Gasteiger partial charge < -0.3 is 5.11 Å². The smallest absolute Gasteiger partial charge is 0.293 e. The van der Waals surface area contributed by atoms with Gasteiger partial charge in [-0.15, -0.1) is 0 Å². The van der Waals surface area contributed by atoms with Gasteiger partial charge in [-0.05, 0) is 24.2 Å². The van der Waals surface area contributed by atoms with Gasteiger partial charge in [-0.1, -0.05) is 0 Å². The molecule has 1 N–H and O–H groups in total. The Balaban J connectivity index is 3.56. The van der Waals surface area contributed by atoms with Crippen molar-refractivity contribution in [3.8, 4) is 5.75 Å². The van der Waals surface area contributed by atoms with Crippen LogP contribution in [-0.4, -0.2) is 6.54 Å². The Bertz CT molecular complexity index is 324. The number of halogens is 1. The third-order valence-electron chi connectivity index (χ3n) is 0.572. The summed E-state index contributed by atoms with van der Waals surface area (Å²) in [5, 5.41) is 3.86. The molecule has 0 aromatic heterocycles. The molecule has 0 atom stereocenters. The molecule has 1 rings (SSSR count). The molecule has 0 radical (unpaired) electrons. The van der Waals surface area contributed by atoms with E-state index in [1.165, 1.54) is 0 Å².